The maximum Gasteiger partial charge on any atom is 0.416 e. The first kappa shape index (κ1) is 31.7. The third-order valence-electron chi connectivity index (χ3n) is 5.74. The Morgan fingerprint density at radius 3 is 2.26 bits per heavy atom. The fourth-order valence-corrected chi connectivity index (χ4v) is 5.03. The number of benzene rings is 2. The predicted octanol–water partition coefficient (Wildman–Crippen LogP) is 5.50. The number of alkyl halides is 3. The standard InChI is InChI=1S/C25H30Cl2F3N3O4S/c1-4-6-13-31-24(35)21(5-2)32(15-17-9-7-8-10-19(17)26)23(34)16-33(38(3,36)37)22-14-18(25(28,29)30)11-12-20(22)27/h7-12,14,21H,4-6,13,15-16H2,1-3H3,(H,31,35). The fraction of sp³-hybridized carbons (Fsp3) is 0.440. The lowest BCUT2D eigenvalue weighted by Crippen LogP contribution is -2.52. The second kappa shape index (κ2) is 13.5. The second-order valence-corrected chi connectivity index (χ2v) is 11.3. The van der Waals surface area contributed by atoms with E-state index in [1.165, 1.54) is 4.90 Å². The number of carbonyl (C=O) groups is 2. The van der Waals surface area contributed by atoms with Crippen molar-refractivity contribution in [2.24, 2.45) is 0 Å². The number of halogens is 5. The summed E-state index contributed by atoms with van der Waals surface area (Å²) in [4.78, 5) is 27.8. The largest absolute Gasteiger partial charge is 0.416 e. The van der Waals surface area contributed by atoms with Gasteiger partial charge in [0, 0.05) is 18.1 Å². The van der Waals surface area contributed by atoms with Crippen LogP contribution in [0.3, 0.4) is 0 Å². The topological polar surface area (TPSA) is 86.8 Å². The normalized spacial score (nSPS) is 12.6. The van der Waals surface area contributed by atoms with E-state index in [1.54, 1.807) is 31.2 Å². The molecule has 210 valence electrons. The number of rotatable bonds is 12. The van der Waals surface area contributed by atoms with Gasteiger partial charge in [0.2, 0.25) is 21.8 Å². The minimum atomic E-state index is -4.77. The van der Waals surface area contributed by atoms with Crippen LogP contribution in [0.4, 0.5) is 18.9 Å². The molecule has 0 aromatic heterocycles. The zero-order valence-electron chi connectivity index (χ0n) is 21.2. The smallest absolute Gasteiger partial charge is 0.354 e. The van der Waals surface area contributed by atoms with Crippen LogP contribution in [0.1, 0.15) is 44.2 Å². The lowest BCUT2D eigenvalue weighted by molar-refractivity contribution is -0.140. The zero-order valence-corrected chi connectivity index (χ0v) is 23.5. The number of hydrogen-bond acceptors (Lipinski definition) is 4. The number of sulfonamides is 1. The molecular weight excluding hydrogens is 566 g/mol. The Bertz CT molecular complexity index is 1240. The summed E-state index contributed by atoms with van der Waals surface area (Å²) in [7, 11) is -4.28. The van der Waals surface area contributed by atoms with Gasteiger partial charge in [-0.3, -0.25) is 13.9 Å². The molecule has 0 heterocycles. The number of carbonyl (C=O) groups excluding carboxylic acids is 2. The van der Waals surface area contributed by atoms with Gasteiger partial charge in [0.1, 0.15) is 12.6 Å². The fourth-order valence-electron chi connectivity index (χ4n) is 3.71. The molecule has 1 N–H and O–H groups in total. The van der Waals surface area contributed by atoms with Gasteiger partial charge in [-0.1, -0.05) is 61.7 Å². The lowest BCUT2D eigenvalue weighted by Gasteiger charge is -2.33. The van der Waals surface area contributed by atoms with E-state index in [9.17, 15) is 31.2 Å². The minimum Gasteiger partial charge on any atom is -0.354 e. The monoisotopic (exact) mass is 595 g/mol. The van der Waals surface area contributed by atoms with Gasteiger partial charge >= 0.3 is 6.18 Å². The second-order valence-electron chi connectivity index (χ2n) is 8.62. The first-order chi connectivity index (χ1) is 17.7. The molecule has 0 bridgehead atoms. The van der Waals surface area contributed by atoms with E-state index in [4.69, 9.17) is 23.2 Å². The molecule has 2 rings (SSSR count). The van der Waals surface area contributed by atoms with Crippen LogP contribution in [0, 0.1) is 0 Å². The van der Waals surface area contributed by atoms with Crippen LogP contribution in [-0.2, 0) is 32.3 Å². The molecule has 2 amide bonds. The maximum atomic E-state index is 13.6. The number of unbranched alkanes of at least 4 members (excludes halogenated alkanes) is 1. The van der Waals surface area contributed by atoms with Crippen molar-refractivity contribution in [1.82, 2.24) is 10.2 Å². The summed E-state index contributed by atoms with van der Waals surface area (Å²) >= 11 is 12.4. The highest BCUT2D eigenvalue weighted by Crippen LogP contribution is 2.36. The van der Waals surface area contributed by atoms with Crippen LogP contribution in [0.15, 0.2) is 42.5 Å². The first-order valence-electron chi connectivity index (χ1n) is 11.9. The van der Waals surface area contributed by atoms with E-state index < -0.39 is 51.9 Å². The van der Waals surface area contributed by atoms with Crippen molar-refractivity contribution >= 4 is 50.7 Å². The summed E-state index contributed by atoms with van der Waals surface area (Å²) in [5.41, 5.74) is -1.13. The van der Waals surface area contributed by atoms with Gasteiger partial charge in [-0.05, 0) is 42.7 Å². The summed E-state index contributed by atoms with van der Waals surface area (Å²) in [6.45, 7) is 3.01. The molecule has 0 spiro atoms. The van der Waals surface area contributed by atoms with Gasteiger partial charge in [0.25, 0.3) is 0 Å². The van der Waals surface area contributed by atoms with Crippen LogP contribution in [-0.4, -0.2) is 50.5 Å². The summed E-state index contributed by atoms with van der Waals surface area (Å²) < 4.78 is 65.9. The van der Waals surface area contributed by atoms with Crippen molar-refractivity contribution in [1.29, 1.82) is 0 Å². The summed E-state index contributed by atoms with van der Waals surface area (Å²) in [5, 5.41) is 2.81. The maximum absolute atomic E-state index is 13.6. The van der Waals surface area contributed by atoms with E-state index in [-0.39, 0.29) is 18.0 Å². The highest BCUT2D eigenvalue weighted by atomic mass is 35.5. The van der Waals surface area contributed by atoms with Crippen molar-refractivity contribution in [3.8, 4) is 0 Å². The van der Waals surface area contributed by atoms with Crippen LogP contribution in [0.2, 0.25) is 10.0 Å². The number of hydrogen-bond donors (Lipinski definition) is 1. The van der Waals surface area contributed by atoms with Gasteiger partial charge in [-0.25, -0.2) is 8.42 Å². The SMILES string of the molecule is CCCCNC(=O)C(CC)N(Cc1ccccc1Cl)C(=O)CN(c1cc(C(F)(F)F)ccc1Cl)S(C)(=O)=O. The van der Waals surface area contributed by atoms with Crippen molar-refractivity contribution in [3.05, 3.63) is 63.6 Å². The highest BCUT2D eigenvalue weighted by molar-refractivity contribution is 7.92. The van der Waals surface area contributed by atoms with Gasteiger partial charge in [0.15, 0.2) is 0 Å². The molecule has 2 aromatic rings. The third kappa shape index (κ3) is 8.51. The van der Waals surface area contributed by atoms with Crippen LogP contribution >= 0.6 is 23.2 Å². The molecule has 0 radical (unpaired) electrons. The molecule has 1 unspecified atom stereocenters. The number of nitrogens with one attached hydrogen (secondary N) is 1. The average molecular weight is 596 g/mol. The Balaban J connectivity index is 2.52. The summed E-state index contributed by atoms with van der Waals surface area (Å²) in [6, 6.07) is 7.85. The van der Waals surface area contributed by atoms with Gasteiger partial charge in [-0.15, -0.1) is 0 Å². The van der Waals surface area contributed by atoms with Gasteiger partial charge < -0.3 is 10.2 Å². The molecule has 7 nitrogen and oxygen atoms in total. The van der Waals surface area contributed by atoms with E-state index in [1.807, 2.05) is 6.92 Å². The predicted molar refractivity (Wildman–Crippen MR) is 143 cm³/mol. The molecular formula is C25H30Cl2F3N3O4S. The molecule has 1 atom stereocenters. The Morgan fingerprint density at radius 1 is 1.05 bits per heavy atom. The van der Waals surface area contributed by atoms with E-state index >= 15 is 0 Å². The summed E-state index contributed by atoms with van der Waals surface area (Å²) in [6.07, 6.45) is -2.27. The van der Waals surface area contributed by atoms with E-state index in [0.717, 1.165) is 25.2 Å². The number of amides is 2. The Hall–Kier alpha value is -2.50. The van der Waals surface area contributed by atoms with Crippen LogP contribution in [0.5, 0.6) is 0 Å². The molecule has 0 saturated heterocycles. The lowest BCUT2D eigenvalue weighted by atomic mass is 10.1. The molecule has 0 aliphatic rings. The Morgan fingerprint density at radius 2 is 1.71 bits per heavy atom. The van der Waals surface area contributed by atoms with Crippen molar-refractivity contribution < 1.29 is 31.2 Å². The molecule has 2 aromatic carbocycles. The number of anilines is 1. The highest BCUT2D eigenvalue weighted by Gasteiger charge is 2.35. The third-order valence-corrected chi connectivity index (χ3v) is 7.55. The summed E-state index contributed by atoms with van der Waals surface area (Å²) in [5.74, 6) is -1.26. The average Bonchev–Trinajstić information content (AvgIpc) is 2.82. The van der Waals surface area contributed by atoms with Gasteiger partial charge in [0.05, 0.1) is 22.5 Å². The zero-order chi connectivity index (χ0) is 28.7. The van der Waals surface area contributed by atoms with Crippen molar-refractivity contribution in [2.45, 2.75) is 51.9 Å². The quantitative estimate of drug-likeness (QED) is 0.328. The Labute approximate surface area is 230 Å². The molecule has 13 heteroatoms. The molecule has 38 heavy (non-hydrogen) atoms. The van der Waals surface area contributed by atoms with E-state index in [2.05, 4.69) is 5.32 Å². The Kier molecular flexibility index (Phi) is 11.3. The van der Waals surface area contributed by atoms with Gasteiger partial charge in [-0.2, -0.15) is 13.2 Å². The van der Waals surface area contributed by atoms with Crippen LogP contribution in [0.25, 0.3) is 0 Å². The molecule has 0 saturated carbocycles. The minimum absolute atomic E-state index is 0.133. The number of nitrogens with zero attached hydrogens (tertiary/aromatic N) is 2. The molecule has 0 aliphatic carbocycles. The van der Waals surface area contributed by atoms with E-state index in [0.29, 0.717) is 33.6 Å². The van der Waals surface area contributed by atoms with Crippen molar-refractivity contribution in [3.63, 3.8) is 0 Å². The van der Waals surface area contributed by atoms with Crippen LogP contribution < -0.4 is 9.62 Å². The molecule has 0 fully saturated rings. The first-order valence-corrected chi connectivity index (χ1v) is 14.5. The molecule has 0 aliphatic heterocycles. The van der Waals surface area contributed by atoms with Crippen molar-refractivity contribution in [2.75, 3.05) is 23.7 Å².